The summed E-state index contributed by atoms with van der Waals surface area (Å²) < 4.78 is 6.04. The summed E-state index contributed by atoms with van der Waals surface area (Å²) in [5.74, 6) is 2.69. The number of benzene rings is 1. The molecule has 116 valence electrons. The fourth-order valence-electron chi connectivity index (χ4n) is 3.05. The van der Waals surface area contributed by atoms with Crippen LogP contribution in [0.15, 0.2) is 24.3 Å². The molecule has 2 unspecified atom stereocenters. The van der Waals surface area contributed by atoms with E-state index in [9.17, 15) is 0 Å². The number of nitrogens with one attached hydrogen (secondary N) is 1. The van der Waals surface area contributed by atoms with Crippen LogP contribution in [0.1, 0.15) is 32.3 Å². The van der Waals surface area contributed by atoms with Gasteiger partial charge in [-0.1, -0.05) is 32.0 Å². The van der Waals surface area contributed by atoms with Gasteiger partial charge in [-0.25, -0.2) is 0 Å². The molecule has 1 aromatic carbocycles. The van der Waals surface area contributed by atoms with Crippen molar-refractivity contribution in [3.05, 3.63) is 29.8 Å². The van der Waals surface area contributed by atoms with Crippen molar-refractivity contribution < 1.29 is 4.74 Å². The first kappa shape index (κ1) is 14.9. The fourth-order valence-corrected chi connectivity index (χ4v) is 3.05. The normalized spacial score (nSPS) is 26.2. The van der Waals surface area contributed by atoms with E-state index in [1.54, 1.807) is 0 Å². The molecular weight excluding hydrogens is 260 g/mol. The SMILES string of the molecule is CC1CN(CCOc2ccccc2CNC2CC2)CC1C. The highest BCUT2D eigenvalue weighted by molar-refractivity contribution is 5.33. The van der Waals surface area contributed by atoms with E-state index in [0.717, 1.165) is 43.3 Å². The molecule has 1 N–H and O–H groups in total. The van der Waals surface area contributed by atoms with Crippen molar-refractivity contribution in [2.45, 2.75) is 39.3 Å². The molecule has 2 atom stereocenters. The molecule has 0 spiro atoms. The maximum atomic E-state index is 6.04. The Hall–Kier alpha value is -1.06. The zero-order valence-corrected chi connectivity index (χ0v) is 13.3. The molecule has 3 heteroatoms. The minimum absolute atomic E-state index is 0.741. The molecular formula is C18H28N2O. The maximum Gasteiger partial charge on any atom is 0.123 e. The summed E-state index contributed by atoms with van der Waals surface area (Å²) in [6.45, 7) is 9.90. The summed E-state index contributed by atoms with van der Waals surface area (Å²) >= 11 is 0. The molecule has 1 saturated heterocycles. The van der Waals surface area contributed by atoms with Gasteiger partial charge in [0.2, 0.25) is 0 Å². The van der Waals surface area contributed by atoms with Gasteiger partial charge in [-0.3, -0.25) is 4.90 Å². The Morgan fingerprint density at radius 2 is 1.86 bits per heavy atom. The van der Waals surface area contributed by atoms with Gasteiger partial charge in [-0.05, 0) is 30.7 Å². The van der Waals surface area contributed by atoms with Gasteiger partial charge in [0.1, 0.15) is 12.4 Å². The first-order valence-electron chi connectivity index (χ1n) is 8.39. The van der Waals surface area contributed by atoms with Crippen LogP contribution in [0.5, 0.6) is 5.75 Å². The summed E-state index contributed by atoms with van der Waals surface area (Å²) in [6, 6.07) is 9.17. The summed E-state index contributed by atoms with van der Waals surface area (Å²) in [5.41, 5.74) is 1.28. The Morgan fingerprint density at radius 1 is 1.14 bits per heavy atom. The molecule has 1 saturated carbocycles. The molecule has 1 heterocycles. The topological polar surface area (TPSA) is 24.5 Å². The van der Waals surface area contributed by atoms with Crippen LogP contribution in [0.25, 0.3) is 0 Å². The standard InChI is InChI=1S/C18H28N2O/c1-14-12-20(13-15(14)2)9-10-21-18-6-4-3-5-16(18)11-19-17-7-8-17/h3-6,14-15,17,19H,7-13H2,1-2H3. The molecule has 0 bridgehead atoms. The lowest BCUT2D eigenvalue weighted by atomic mass is 10.0. The third kappa shape index (κ3) is 4.21. The lowest BCUT2D eigenvalue weighted by Gasteiger charge is -2.17. The predicted molar refractivity (Wildman–Crippen MR) is 86.6 cm³/mol. The van der Waals surface area contributed by atoms with Crippen LogP contribution >= 0.6 is 0 Å². The Bertz CT molecular complexity index is 448. The summed E-state index contributed by atoms with van der Waals surface area (Å²) in [7, 11) is 0. The smallest absolute Gasteiger partial charge is 0.123 e. The zero-order valence-electron chi connectivity index (χ0n) is 13.3. The van der Waals surface area contributed by atoms with Crippen molar-refractivity contribution in [1.29, 1.82) is 0 Å². The number of hydrogen-bond donors (Lipinski definition) is 1. The van der Waals surface area contributed by atoms with Crippen molar-refractivity contribution in [3.63, 3.8) is 0 Å². The number of ether oxygens (including phenoxy) is 1. The van der Waals surface area contributed by atoms with Crippen molar-refractivity contribution in [2.75, 3.05) is 26.2 Å². The molecule has 1 aliphatic heterocycles. The second kappa shape index (κ2) is 6.80. The molecule has 0 aromatic heterocycles. The van der Waals surface area contributed by atoms with Crippen LogP contribution in [0.2, 0.25) is 0 Å². The molecule has 1 aliphatic carbocycles. The first-order valence-corrected chi connectivity index (χ1v) is 8.39. The lowest BCUT2D eigenvalue weighted by Crippen LogP contribution is -2.26. The third-order valence-electron chi connectivity index (χ3n) is 4.86. The van der Waals surface area contributed by atoms with E-state index in [0.29, 0.717) is 0 Å². The highest BCUT2D eigenvalue weighted by Gasteiger charge is 2.25. The van der Waals surface area contributed by atoms with Crippen molar-refractivity contribution >= 4 is 0 Å². The van der Waals surface area contributed by atoms with E-state index in [-0.39, 0.29) is 0 Å². The van der Waals surface area contributed by atoms with E-state index in [2.05, 4.69) is 48.3 Å². The number of rotatable bonds is 7. The second-order valence-corrected chi connectivity index (χ2v) is 6.83. The number of hydrogen-bond acceptors (Lipinski definition) is 3. The minimum Gasteiger partial charge on any atom is -0.492 e. The molecule has 3 nitrogen and oxygen atoms in total. The lowest BCUT2D eigenvalue weighted by molar-refractivity contribution is 0.230. The summed E-state index contributed by atoms with van der Waals surface area (Å²) in [6.07, 6.45) is 2.66. The van der Waals surface area contributed by atoms with Gasteiger partial charge in [0.25, 0.3) is 0 Å². The van der Waals surface area contributed by atoms with Crippen LogP contribution < -0.4 is 10.1 Å². The van der Waals surface area contributed by atoms with E-state index in [1.807, 2.05) is 0 Å². The summed E-state index contributed by atoms with van der Waals surface area (Å²) in [4.78, 5) is 2.53. The number of para-hydroxylation sites is 1. The van der Waals surface area contributed by atoms with Crippen LogP contribution in [-0.4, -0.2) is 37.2 Å². The fraction of sp³-hybridized carbons (Fsp3) is 0.667. The zero-order chi connectivity index (χ0) is 14.7. The highest BCUT2D eigenvalue weighted by Crippen LogP contribution is 2.24. The van der Waals surface area contributed by atoms with Crippen LogP contribution in [0, 0.1) is 11.8 Å². The maximum absolute atomic E-state index is 6.04. The largest absolute Gasteiger partial charge is 0.492 e. The minimum atomic E-state index is 0.741. The van der Waals surface area contributed by atoms with Gasteiger partial charge in [-0.2, -0.15) is 0 Å². The van der Waals surface area contributed by atoms with Crippen LogP contribution in [0.4, 0.5) is 0 Å². The van der Waals surface area contributed by atoms with Crippen molar-refractivity contribution in [1.82, 2.24) is 10.2 Å². The quantitative estimate of drug-likeness (QED) is 0.835. The van der Waals surface area contributed by atoms with E-state index >= 15 is 0 Å². The van der Waals surface area contributed by atoms with Gasteiger partial charge in [0, 0.05) is 37.8 Å². The molecule has 0 radical (unpaired) electrons. The van der Waals surface area contributed by atoms with Crippen molar-refractivity contribution in [3.8, 4) is 5.75 Å². The molecule has 0 amide bonds. The van der Waals surface area contributed by atoms with Crippen molar-refractivity contribution in [2.24, 2.45) is 11.8 Å². The Kier molecular flexibility index (Phi) is 4.81. The molecule has 2 aliphatic rings. The second-order valence-electron chi connectivity index (χ2n) is 6.83. The average Bonchev–Trinajstić information content (AvgIpc) is 3.25. The van der Waals surface area contributed by atoms with Gasteiger partial charge < -0.3 is 10.1 Å². The average molecular weight is 288 g/mol. The molecule has 1 aromatic rings. The number of nitrogens with zero attached hydrogens (tertiary/aromatic N) is 1. The van der Waals surface area contributed by atoms with E-state index < -0.39 is 0 Å². The molecule has 2 fully saturated rings. The van der Waals surface area contributed by atoms with Gasteiger partial charge in [0.15, 0.2) is 0 Å². The van der Waals surface area contributed by atoms with Gasteiger partial charge in [-0.15, -0.1) is 0 Å². The first-order chi connectivity index (χ1) is 10.2. The number of likely N-dealkylation sites (tertiary alicyclic amines) is 1. The van der Waals surface area contributed by atoms with E-state index in [1.165, 1.54) is 31.5 Å². The summed E-state index contributed by atoms with van der Waals surface area (Å²) in [5, 5.41) is 3.57. The Balaban J connectivity index is 1.46. The third-order valence-corrected chi connectivity index (χ3v) is 4.86. The van der Waals surface area contributed by atoms with E-state index in [4.69, 9.17) is 4.74 Å². The molecule has 3 rings (SSSR count). The predicted octanol–water partition coefficient (Wildman–Crippen LogP) is 2.91. The molecule has 21 heavy (non-hydrogen) atoms. The Morgan fingerprint density at radius 3 is 2.57 bits per heavy atom. The Labute approximate surface area is 128 Å². The highest BCUT2D eigenvalue weighted by atomic mass is 16.5. The monoisotopic (exact) mass is 288 g/mol. The van der Waals surface area contributed by atoms with Gasteiger partial charge in [0.05, 0.1) is 0 Å². The van der Waals surface area contributed by atoms with Crippen LogP contribution in [-0.2, 0) is 6.54 Å². The van der Waals surface area contributed by atoms with Gasteiger partial charge >= 0.3 is 0 Å². The van der Waals surface area contributed by atoms with Crippen LogP contribution in [0.3, 0.4) is 0 Å².